The number of amides is 2. The molecule has 1 saturated heterocycles. The topological polar surface area (TPSA) is 87.4 Å². The molecule has 3 aliphatic rings. The maximum atomic E-state index is 13.8. The number of hydrogen-bond donors (Lipinski definition) is 1. The van der Waals surface area contributed by atoms with Crippen LogP contribution in [0.5, 0.6) is 5.75 Å². The SMILES string of the molecule is COc1c(C(=O)N2CCN([C@H]3CC[C@H](O)CC3)C(=O)C2)nn2c(C(F)(F)F)cc(C3CC3)cc12. The Balaban J connectivity index is 1.43. The smallest absolute Gasteiger partial charge is 0.433 e. The lowest BCUT2D eigenvalue weighted by atomic mass is 9.91. The highest BCUT2D eigenvalue weighted by molar-refractivity contribution is 6.00. The van der Waals surface area contributed by atoms with Crippen molar-refractivity contribution >= 4 is 17.3 Å². The Morgan fingerprint density at radius 1 is 1.12 bits per heavy atom. The van der Waals surface area contributed by atoms with Gasteiger partial charge in [0.25, 0.3) is 5.91 Å². The summed E-state index contributed by atoms with van der Waals surface area (Å²) in [5, 5.41) is 13.7. The lowest BCUT2D eigenvalue weighted by Gasteiger charge is -2.41. The van der Waals surface area contributed by atoms with E-state index in [2.05, 4.69) is 5.10 Å². The molecular formula is C23H27F3N4O4. The van der Waals surface area contributed by atoms with Gasteiger partial charge in [0.15, 0.2) is 11.4 Å². The molecule has 11 heteroatoms. The summed E-state index contributed by atoms with van der Waals surface area (Å²) in [7, 11) is 1.30. The summed E-state index contributed by atoms with van der Waals surface area (Å²) in [4.78, 5) is 29.2. The molecule has 1 aliphatic heterocycles. The Labute approximate surface area is 194 Å². The predicted octanol–water partition coefficient (Wildman–Crippen LogP) is 2.83. The van der Waals surface area contributed by atoms with E-state index in [-0.39, 0.29) is 54.0 Å². The van der Waals surface area contributed by atoms with Gasteiger partial charge in [-0.3, -0.25) is 9.59 Å². The van der Waals surface area contributed by atoms with E-state index in [1.54, 1.807) is 11.0 Å². The van der Waals surface area contributed by atoms with Crippen molar-refractivity contribution < 1.29 is 32.6 Å². The second-order valence-electron chi connectivity index (χ2n) is 9.40. The van der Waals surface area contributed by atoms with E-state index in [4.69, 9.17) is 4.74 Å². The van der Waals surface area contributed by atoms with Crippen molar-refractivity contribution in [3.05, 3.63) is 29.1 Å². The number of halogens is 3. The zero-order valence-corrected chi connectivity index (χ0v) is 18.8. The van der Waals surface area contributed by atoms with E-state index >= 15 is 0 Å². The van der Waals surface area contributed by atoms with Gasteiger partial charge in [0, 0.05) is 19.1 Å². The van der Waals surface area contributed by atoms with Crippen LogP contribution in [-0.4, -0.2) is 75.2 Å². The molecule has 3 heterocycles. The highest BCUT2D eigenvalue weighted by Gasteiger charge is 2.40. The van der Waals surface area contributed by atoms with Gasteiger partial charge in [-0.05, 0) is 62.1 Å². The molecule has 8 nitrogen and oxygen atoms in total. The number of aliphatic hydroxyl groups excluding tert-OH is 1. The lowest BCUT2D eigenvalue weighted by Crippen LogP contribution is -2.56. The maximum Gasteiger partial charge on any atom is 0.433 e. The molecule has 2 saturated carbocycles. The van der Waals surface area contributed by atoms with Crippen LogP contribution in [0, 0.1) is 0 Å². The summed E-state index contributed by atoms with van der Waals surface area (Å²) in [5.74, 6) is -0.796. The molecule has 0 aromatic carbocycles. The number of fused-ring (bicyclic) bond motifs is 1. The molecule has 2 amide bonds. The lowest BCUT2D eigenvalue weighted by molar-refractivity contribution is -0.142. The fraction of sp³-hybridized carbons (Fsp3) is 0.609. The van der Waals surface area contributed by atoms with Crippen LogP contribution in [0.4, 0.5) is 13.2 Å². The highest BCUT2D eigenvalue weighted by Crippen LogP contribution is 2.44. The first-order chi connectivity index (χ1) is 16.2. The number of aromatic nitrogens is 2. The molecular weight excluding hydrogens is 453 g/mol. The fourth-order valence-electron chi connectivity index (χ4n) is 5.11. The van der Waals surface area contributed by atoms with Gasteiger partial charge in [0.1, 0.15) is 17.8 Å². The number of hydrogen-bond acceptors (Lipinski definition) is 5. The number of pyridine rings is 1. The quantitative estimate of drug-likeness (QED) is 0.727. The molecule has 0 atom stereocenters. The highest BCUT2D eigenvalue weighted by atomic mass is 19.4. The number of rotatable bonds is 4. The number of methoxy groups -OCH3 is 1. The largest absolute Gasteiger partial charge is 0.492 e. The van der Waals surface area contributed by atoms with Crippen molar-refractivity contribution in [2.45, 2.75) is 62.8 Å². The standard InChI is InChI=1S/C23H27F3N4O4/c1-34-21-17-10-14(13-2-3-13)11-18(23(24,25)26)30(17)27-20(21)22(33)28-8-9-29(19(32)12-28)15-4-6-16(31)7-5-15/h10-11,13,15-16,31H,2-9,12H2,1H3/t15-,16-. The molecule has 0 unspecified atom stereocenters. The Morgan fingerprint density at radius 2 is 1.82 bits per heavy atom. The van der Waals surface area contributed by atoms with Crippen LogP contribution in [-0.2, 0) is 11.0 Å². The Hall–Kier alpha value is -2.82. The molecule has 184 valence electrons. The normalized spacial score (nSPS) is 24.1. The van der Waals surface area contributed by atoms with Gasteiger partial charge in [0.2, 0.25) is 5.91 Å². The Kier molecular flexibility index (Phi) is 5.70. The molecule has 34 heavy (non-hydrogen) atoms. The first-order valence-corrected chi connectivity index (χ1v) is 11.6. The van der Waals surface area contributed by atoms with Crippen LogP contribution in [0.1, 0.15) is 66.2 Å². The summed E-state index contributed by atoms with van der Waals surface area (Å²) in [6.45, 7) is 0.412. The van der Waals surface area contributed by atoms with E-state index in [1.807, 2.05) is 0 Å². The van der Waals surface area contributed by atoms with E-state index in [0.29, 0.717) is 37.8 Å². The summed E-state index contributed by atoms with van der Waals surface area (Å²) in [5.41, 5.74) is -0.542. The number of alkyl halides is 3. The van der Waals surface area contributed by atoms with Crippen LogP contribution in [0.25, 0.3) is 5.52 Å². The van der Waals surface area contributed by atoms with Gasteiger partial charge in [-0.25, -0.2) is 4.52 Å². The number of carbonyl (C=O) groups is 2. The van der Waals surface area contributed by atoms with Gasteiger partial charge < -0.3 is 19.6 Å². The summed E-state index contributed by atoms with van der Waals surface area (Å²) < 4.78 is 47.5. The van der Waals surface area contributed by atoms with Crippen LogP contribution < -0.4 is 4.74 Å². The molecule has 0 bridgehead atoms. The molecule has 1 N–H and O–H groups in total. The third-order valence-electron chi connectivity index (χ3n) is 7.11. The molecule has 0 radical (unpaired) electrons. The van der Waals surface area contributed by atoms with E-state index in [9.17, 15) is 27.9 Å². The molecule has 2 aromatic rings. The van der Waals surface area contributed by atoms with Crippen LogP contribution >= 0.6 is 0 Å². The summed E-state index contributed by atoms with van der Waals surface area (Å²) in [6.07, 6.45) is -0.645. The van der Waals surface area contributed by atoms with Gasteiger partial charge in [-0.15, -0.1) is 0 Å². The Bertz CT molecular complexity index is 1120. The van der Waals surface area contributed by atoms with Crippen molar-refractivity contribution in [2.24, 2.45) is 0 Å². The molecule has 2 aliphatic carbocycles. The van der Waals surface area contributed by atoms with E-state index in [1.165, 1.54) is 12.0 Å². The second-order valence-corrected chi connectivity index (χ2v) is 9.40. The zero-order valence-electron chi connectivity index (χ0n) is 18.8. The maximum absolute atomic E-state index is 13.8. The van der Waals surface area contributed by atoms with Crippen molar-refractivity contribution in [1.82, 2.24) is 19.4 Å². The minimum absolute atomic E-state index is 0.0193. The van der Waals surface area contributed by atoms with E-state index in [0.717, 1.165) is 23.4 Å². The number of aliphatic hydroxyl groups is 1. The molecule has 5 rings (SSSR count). The van der Waals surface area contributed by atoms with Gasteiger partial charge >= 0.3 is 6.18 Å². The first kappa shape index (κ1) is 22.9. The molecule has 0 spiro atoms. The predicted molar refractivity (Wildman–Crippen MR) is 115 cm³/mol. The van der Waals surface area contributed by atoms with E-state index < -0.39 is 17.8 Å². The first-order valence-electron chi connectivity index (χ1n) is 11.6. The Morgan fingerprint density at radius 3 is 2.41 bits per heavy atom. The number of nitrogens with zero attached hydrogens (tertiary/aromatic N) is 4. The van der Waals surface area contributed by atoms with Crippen LogP contribution in [0.2, 0.25) is 0 Å². The summed E-state index contributed by atoms with van der Waals surface area (Å²) >= 11 is 0. The van der Waals surface area contributed by atoms with Crippen LogP contribution in [0.15, 0.2) is 12.1 Å². The monoisotopic (exact) mass is 480 g/mol. The van der Waals surface area contributed by atoms with Gasteiger partial charge in [0.05, 0.1) is 13.2 Å². The van der Waals surface area contributed by atoms with Gasteiger partial charge in [-0.1, -0.05) is 0 Å². The third kappa shape index (κ3) is 4.10. The third-order valence-corrected chi connectivity index (χ3v) is 7.11. The fourth-order valence-corrected chi connectivity index (χ4v) is 5.11. The van der Waals surface area contributed by atoms with Crippen molar-refractivity contribution in [1.29, 1.82) is 0 Å². The number of piperazine rings is 1. The number of carbonyl (C=O) groups excluding carboxylic acids is 2. The van der Waals surface area contributed by atoms with Crippen molar-refractivity contribution in [3.8, 4) is 5.75 Å². The van der Waals surface area contributed by atoms with Gasteiger partial charge in [-0.2, -0.15) is 18.3 Å². The molecule has 2 aromatic heterocycles. The average Bonchev–Trinajstić information content (AvgIpc) is 3.58. The van der Waals surface area contributed by atoms with Crippen molar-refractivity contribution in [2.75, 3.05) is 26.7 Å². The summed E-state index contributed by atoms with van der Waals surface area (Å²) in [6, 6.07) is 2.73. The second kappa shape index (κ2) is 8.44. The van der Waals surface area contributed by atoms with Crippen molar-refractivity contribution in [3.63, 3.8) is 0 Å². The minimum Gasteiger partial charge on any atom is -0.492 e. The number of ether oxygens (including phenoxy) is 1. The van der Waals surface area contributed by atoms with Crippen LogP contribution in [0.3, 0.4) is 0 Å². The average molecular weight is 480 g/mol. The zero-order chi connectivity index (χ0) is 24.2. The minimum atomic E-state index is -4.66. The molecule has 3 fully saturated rings.